The molecule has 7 nitrogen and oxygen atoms in total. The smallest absolute Gasteiger partial charge is 0.336 e. The van der Waals surface area contributed by atoms with E-state index in [2.05, 4.69) is 0 Å². The highest BCUT2D eigenvalue weighted by Crippen LogP contribution is 2.35. The van der Waals surface area contributed by atoms with Crippen LogP contribution in [0.4, 0.5) is 0 Å². The average molecular weight is 479 g/mol. The summed E-state index contributed by atoms with van der Waals surface area (Å²) in [5.41, 5.74) is 0.492. The van der Waals surface area contributed by atoms with E-state index in [0.29, 0.717) is 37.3 Å². The zero-order valence-electron chi connectivity index (χ0n) is 18.4. The van der Waals surface area contributed by atoms with E-state index in [9.17, 15) is 25.2 Å². The van der Waals surface area contributed by atoms with E-state index < -0.39 is 29.9 Å². The number of aliphatic hydroxyl groups is 2. The lowest BCUT2D eigenvalue weighted by Gasteiger charge is -2.42. The van der Waals surface area contributed by atoms with Crippen molar-refractivity contribution < 1.29 is 34.7 Å². The fourth-order valence-electron chi connectivity index (χ4n) is 4.12. The maximum absolute atomic E-state index is 12.1. The lowest BCUT2D eigenvalue weighted by atomic mass is 9.79. The summed E-state index contributed by atoms with van der Waals surface area (Å²) in [6.07, 6.45) is -0.859. The minimum absolute atomic E-state index is 0.0410. The van der Waals surface area contributed by atoms with E-state index in [1.54, 1.807) is 24.3 Å². The first-order chi connectivity index (χ1) is 15.8. The molecule has 3 rings (SSSR count). The van der Waals surface area contributed by atoms with E-state index >= 15 is 0 Å². The van der Waals surface area contributed by atoms with Gasteiger partial charge in [0.05, 0.1) is 12.2 Å². The molecule has 0 unspecified atom stereocenters. The molecule has 0 radical (unpaired) electrons. The van der Waals surface area contributed by atoms with Gasteiger partial charge in [-0.1, -0.05) is 35.9 Å². The number of benzene rings is 2. The summed E-state index contributed by atoms with van der Waals surface area (Å²) in [6, 6.07) is 14.3. The Balaban J connectivity index is 1.51. The van der Waals surface area contributed by atoms with E-state index in [1.165, 1.54) is 0 Å². The number of carboxylic acids is 1. The van der Waals surface area contributed by atoms with Gasteiger partial charge in [-0.15, -0.1) is 0 Å². The van der Waals surface area contributed by atoms with Gasteiger partial charge < -0.3 is 29.9 Å². The van der Waals surface area contributed by atoms with E-state index in [-0.39, 0.29) is 25.2 Å². The van der Waals surface area contributed by atoms with Crippen molar-refractivity contribution in [3.63, 3.8) is 0 Å². The molecule has 0 heterocycles. The molecule has 8 heteroatoms. The van der Waals surface area contributed by atoms with Gasteiger partial charge in [0, 0.05) is 31.1 Å². The molecule has 1 fully saturated rings. The average Bonchev–Trinajstić information content (AvgIpc) is 2.79. The number of hydrogen-bond donors (Lipinski definition) is 4. The number of hydrogen-bond acceptors (Lipinski definition) is 6. The summed E-state index contributed by atoms with van der Waals surface area (Å²) in [5, 5.41) is 40.6. The van der Waals surface area contributed by atoms with E-state index in [1.807, 2.05) is 24.3 Å². The zero-order valence-corrected chi connectivity index (χ0v) is 19.2. The predicted octanol–water partition coefficient (Wildman–Crippen LogP) is 3.35. The van der Waals surface area contributed by atoms with Crippen molar-refractivity contribution in [3.05, 3.63) is 64.7 Å². The number of aliphatic hydroxyl groups excluding tert-OH is 2. The van der Waals surface area contributed by atoms with Crippen LogP contribution < -0.4 is 0 Å². The number of aryl methyl sites for hydroxylation is 2. The van der Waals surface area contributed by atoms with Gasteiger partial charge in [-0.05, 0) is 61.1 Å². The third kappa shape index (κ3) is 7.16. The lowest BCUT2D eigenvalue weighted by Crippen LogP contribution is -2.58. The van der Waals surface area contributed by atoms with Gasteiger partial charge in [0.2, 0.25) is 0 Å². The number of aromatic hydroxyl groups is 1. The van der Waals surface area contributed by atoms with Crippen LogP contribution in [0.3, 0.4) is 0 Å². The van der Waals surface area contributed by atoms with Crippen molar-refractivity contribution in [2.45, 2.75) is 62.4 Å². The van der Waals surface area contributed by atoms with Gasteiger partial charge in [-0.25, -0.2) is 4.79 Å². The molecule has 1 aliphatic carbocycles. The van der Waals surface area contributed by atoms with Crippen molar-refractivity contribution >= 4 is 17.6 Å². The maximum Gasteiger partial charge on any atom is 0.336 e. The second-order valence-electron chi connectivity index (χ2n) is 8.52. The number of halogens is 1. The van der Waals surface area contributed by atoms with Crippen molar-refractivity contribution in [1.29, 1.82) is 0 Å². The summed E-state index contributed by atoms with van der Waals surface area (Å²) >= 11 is 5.89. The Hall–Kier alpha value is -2.16. The summed E-state index contributed by atoms with van der Waals surface area (Å²) in [5.74, 6) is -0.967. The molecule has 0 aliphatic heterocycles. The van der Waals surface area contributed by atoms with Crippen molar-refractivity contribution in [1.82, 2.24) is 0 Å². The van der Waals surface area contributed by atoms with Gasteiger partial charge in [0.25, 0.3) is 0 Å². The highest BCUT2D eigenvalue weighted by Gasteiger charge is 2.51. The van der Waals surface area contributed by atoms with Gasteiger partial charge in [-0.2, -0.15) is 0 Å². The predicted molar refractivity (Wildman–Crippen MR) is 124 cm³/mol. The molecule has 180 valence electrons. The van der Waals surface area contributed by atoms with Gasteiger partial charge >= 0.3 is 5.97 Å². The van der Waals surface area contributed by atoms with Crippen LogP contribution in [0, 0.1) is 0 Å². The first-order valence-electron chi connectivity index (χ1n) is 11.2. The largest absolute Gasteiger partial charge is 0.508 e. The Morgan fingerprint density at radius 1 is 0.939 bits per heavy atom. The number of carbonyl (C=O) groups is 1. The van der Waals surface area contributed by atoms with E-state index in [4.69, 9.17) is 21.1 Å². The standard InChI is InChI=1S/C25H31ClO7/c26-19-9-5-17(6-10-19)4-2-14-33-25(24(30)31)15-21(28)23(29)22(16-25)32-13-1-3-18-7-11-20(27)12-8-18/h5-12,21-23,27-29H,1-4,13-16H2,(H,30,31)/t21-,22+,23+,25-/m0/s1. The van der Waals surface area contributed by atoms with Gasteiger partial charge in [-0.3, -0.25) is 0 Å². The van der Waals surface area contributed by atoms with Crippen molar-refractivity contribution in [2.24, 2.45) is 0 Å². The Kier molecular flexibility index (Phi) is 9.11. The molecule has 1 aliphatic rings. The topological polar surface area (TPSA) is 116 Å². The molecule has 0 spiro atoms. The van der Waals surface area contributed by atoms with Gasteiger partial charge in [0.15, 0.2) is 5.60 Å². The Bertz CT molecular complexity index is 887. The molecule has 4 atom stereocenters. The highest BCUT2D eigenvalue weighted by molar-refractivity contribution is 6.30. The molecular formula is C25H31ClO7. The zero-order chi connectivity index (χ0) is 23.8. The van der Waals surface area contributed by atoms with Crippen molar-refractivity contribution in [3.8, 4) is 5.75 Å². The number of ether oxygens (including phenoxy) is 2. The maximum atomic E-state index is 12.1. The van der Waals surface area contributed by atoms with Crippen LogP contribution in [0.2, 0.25) is 5.02 Å². The van der Waals surface area contributed by atoms with Crippen LogP contribution in [0.25, 0.3) is 0 Å². The van der Waals surface area contributed by atoms with Gasteiger partial charge in [0.1, 0.15) is 11.9 Å². The monoisotopic (exact) mass is 478 g/mol. The normalized spacial score (nSPS) is 25.1. The molecule has 2 aromatic carbocycles. The number of aliphatic carboxylic acids is 1. The second-order valence-corrected chi connectivity index (χ2v) is 8.96. The van der Waals surface area contributed by atoms with Crippen LogP contribution >= 0.6 is 11.6 Å². The minimum Gasteiger partial charge on any atom is -0.508 e. The number of phenolic OH excluding ortho intramolecular Hbond substituents is 1. The fraction of sp³-hybridized carbons (Fsp3) is 0.480. The third-order valence-corrected chi connectivity index (χ3v) is 6.27. The van der Waals surface area contributed by atoms with Crippen LogP contribution in [0.5, 0.6) is 5.75 Å². The van der Waals surface area contributed by atoms with Crippen LogP contribution in [0.1, 0.15) is 36.8 Å². The summed E-state index contributed by atoms with van der Waals surface area (Å²) in [4.78, 5) is 12.1. The summed E-state index contributed by atoms with van der Waals surface area (Å²) in [6.45, 7) is 0.493. The van der Waals surface area contributed by atoms with Crippen LogP contribution in [-0.2, 0) is 27.1 Å². The molecule has 33 heavy (non-hydrogen) atoms. The SMILES string of the molecule is O=C(O)[C@]1(OCCCc2ccc(Cl)cc2)C[C@H](O)[C@@H](O)[C@H](OCCCc2ccc(O)cc2)C1. The molecule has 2 aromatic rings. The number of rotatable bonds is 11. The van der Waals surface area contributed by atoms with E-state index in [0.717, 1.165) is 11.1 Å². The van der Waals surface area contributed by atoms with Crippen molar-refractivity contribution in [2.75, 3.05) is 13.2 Å². The Morgan fingerprint density at radius 3 is 2.12 bits per heavy atom. The number of phenols is 1. The fourth-order valence-corrected chi connectivity index (χ4v) is 4.24. The first kappa shape index (κ1) is 25.5. The summed E-state index contributed by atoms with van der Waals surface area (Å²) < 4.78 is 11.6. The second kappa shape index (κ2) is 11.8. The lowest BCUT2D eigenvalue weighted by molar-refractivity contribution is -0.206. The molecule has 4 N–H and O–H groups in total. The molecular weight excluding hydrogens is 448 g/mol. The molecule has 0 amide bonds. The Morgan fingerprint density at radius 2 is 1.52 bits per heavy atom. The molecule has 0 aromatic heterocycles. The summed E-state index contributed by atoms with van der Waals surface area (Å²) in [7, 11) is 0. The number of carboxylic acid groups (broad SMARTS) is 1. The third-order valence-electron chi connectivity index (χ3n) is 6.01. The van der Waals surface area contributed by atoms with Crippen LogP contribution in [-0.4, -0.2) is 63.5 Å². The highest BCUT2D eigenvalue weighted by atomic mass is 35.5. The van der Waals surface area contributed by atoms with Crippen LogP contribution in [0.15, 0.2) is 48.5 Å². The molecule has 0 saturated heterocycles. The minimum atomic E-state index is -1.61. The molecule has 0 bridgehead atoms. The quantitative estimate of drug-likeness (QED) is 0.366. The first-order valence-corrected chi connectivity index (χ1v) is 11.5. The Labute approximate surface area is 198 Å². The molecule has 1 saturated carbocycles.